The Labute approximate surface area is 89.9 Å². The summed E-state index contributed by atoms with van der Waals surface area (Å²) in [5.74, 6) is 0.228. The zero-order chi connectivity index (χ0) is 10.7. The molecule has 0 bridgehead atoms. The molecule has 1 N–H and O–H groups in total. The summed E-state index contributed by atoms with van der Waals surface area (Å²) in [6.45, 7) is 3.92. The molecule has 2 heterocycles. The van der Waals surface area contributed by atoms with Crippen LogP contribution in [-0.2, 0) is 0 Å². The number of carbonyl (C=O) groups excluding carboxylic acids is 1. The quantitative estimate of drug-likeness (QED) is 0.773. The number of piperidine rings is 1. The number of nitrogens with one attached hydrogen (secondary N) is 1. The van der Waals surface area contributed by atoms with Crippen LogP contribution in [0.5, 0.6) is 0 Å². The summed E-state index contributed by atoms with van der Waals surface area (Å²) in [6.07, 6.45) is 6.07. The molecule has 0 radical (unpaired) electrons. The van der Waals surface area contributed by atoms with Crippen LogP contribution < -0.4 is 5.32 Å². The van der Waals surface area contributed by atoms with Gasteiger partial charge in [-0.3, -0.25) is 4.79 Å². The van der Waals surface area contributed by atoms with Gasteiger partial charge in [0.1, 0.15) is 6.26 Å². The number of ketones is 1. The summed E-state index contributed by atoms with van der Waals surface area (Å²) >= 11 is 0. The molecule has 0 saturated carbocycles. The molecule has 15 heavy (non-hydrogen) atoms. The molecule has 3 heteroatoms. The van der Waals surface area contributed by atoms with E-state index in [2.05, 4.69) is 12.2 Å². The van der Waals surface area contributed by atoms with Crippen molar-refractivity contribution in [3.63, 3.8) is 0 Å². The minimum absolute atomic E-state index is 0.206. The maximum atomic E-state index is 12.3. The van der Waals surface area contributed by atoms with E-state index in [0.717, 1.165) is 32.4 Å². The van der Waals surface area contributed by atoms with Gasteiger partial charge >= 0.3 is 0 Å². The highest BCUT2D eigenvalue weighted by molar-refractivity contribution is 6.00. The Bertz CT molecular complexity index is 323. The first-order valence-electron chi connectivity index (χ1n) is 5.56. The lowest BCUT2D eigenvalue weighted by molar-refractivity contribution is 0.0730. The molecule has 1 unspecified atom stereocenters. The molecule has 0 aliphatic carbocycles. The van der Waals surface area contributed by atoms with Gasteiger partial charge in [-0.1, -0.05) is 6.92 Å². The lowest BCUT2D eigenvalue weighted by Crippen LogP contribution is -2.45. The van der Waals surface area contributed by atoms with Crippen molar-refractivity contribution in [2.75, 3.05) is 13.1 Å². The molecule has 1 aliphatic rings. The van der Waals surface area contributed by atoms with E-state index in [0.29, 0.717) is 5.56 Å². The highest BCUT2D eigenvalue weighted by Crippen LogP contribution is 2.33. The van der Waals surface area contributed by atoms with Crippen molar-refractivity contribution in [2.24, 2.45) is 5.41 Å². The lowest BCUT2D eigenvalue weighted by atomic mass is 9.73. The van der Waals surface area contributed by atoms with Crippen molar-refractivity contribution in [1.82, 2.24) is 5.32 Å². The zero-order valence-electron chi connectivity index (χ0n) is 9.08. The Morgan fingerprint density at radius 3 is 3.07 bits per heavy atom. The highest BCUT2D eigenvalue weighted by atomic mass is 16.3. The van der Waals surface area contributed by atoms with Crippen LogP contribution in [0.2, 0.25) is 0 Å². The average Bonchev–Trinajstić information content (AvgIpc) is 2.82. The largest absolute Gasteiger partial charge is 0.472 e. The fourth-order valence-electron chi connectivity index (χ4n) is 2.32. The van der Waals surface area contributed by atoms with Crippen LogP contribution in [0, 0.1) is 5.41 Å². The topological polar surface area (TPSA) is 42.2 Å². The van der Waals surface area contributed by atoms with E-state index >= 15 is 0 Å². The first-order valence-corrected chi connectivity index (χ1v) is 5.56. The van der Waals surface area contributed by atoms with Crippen molar-refractivity contribution < 1.29 is 9.21 Å². The molecular formula is C12H17NO2. The van der Waals surface area contributed by atoms with Crippen molar-refractivity contribution in [1.29, 1.82) is 0 Å². The van der Waals surface area contributed by atoms with Crippen molar-refractivity contribution in [3.05, 3.63) is 24.2 Å². The Morgan fingerprint density at radius 2 is 2.53 bits per heavy atom. The SMILES string of the molecule is CCC1(C(=O)c2ccoc2)CCCNC1. The van der Waals surface area contributed by atoms with E-state index in [-0.39, 0.29) is 11.2 Å². The third-order valence-electron chi connectivity index (χ3n) is 3.41. The van der Waals surface area contributed by atoms with E-state index in [9.17, 15) is 4.79 Å². The van der Waals surface area contributed by atoms with Gasteiger partial charge in [-0.05, 0) is 31.9 Å². The summed E-state index contributed by atoms with van der Waals surface area (Å²) in [6, 6.07) is 1.76. The number of hydrogen-bond donors (Lipinski definition) is 1. The second-order valence-electron chi connectivity index (χ2n) is 4.26. The molecule has 3 nitrogen and oxygen atoms in total. The predicted molar refractivity (Wildman–Crippen MR) is 57.9 cm³/mol. The Morgan fingerprint density at radius 1 is 1.67 bits per heavy atom. The molecule has 0 aromatic carbocycles. The van der Waals surface area contributed by atoms with Gasteiger partial charge in [-0.15, -0.1) is 0 Å². The Kier molecular flexibility index (Phi) is 2.91. The molecular weight excluding hydrogens is 190 g/mol. The van der Waals surface area contributed by atoms with Gasteiger partial charge in [0.2, 0.25) is 0 Å². The van der Waals surface area contributed by atoms with E-state index in [4.69, 9.17) is 4.42 Å². The Hall–Kier alpha value is -1.09. The molecule has 0 amide bonds. The second kappa shape index (κ2) is 4.19. The average molecular weight is 207 g/mol. The van der Waals surface area contributed by atoms with Crippen LogP contribution >= 0.6 is 0 Å². The zero-order valence-corrected chi connectivity index (χ0v) is 9.08. The number of carbonyl (C=O) groups is 1. The second-order valence-corrected chi connectivity index (χ2v) is 4.26. The van der Waals surface area contributed by atoms with E-state index in [1.165, 1.54) is 0 Å². The van der Waals surface area contributed by atoms with Crippen LogP contribution in [0.15, 0.2) is 23.0 Å². The maximum Gasteiger partial charge on any atom is 0.173 e. The summed E-state index contributed by atoms with van der Waals surface area (Å²) in [7, 11) is 0. The van der Waals surface area contributed by atoms with Gasteiger partial charge in [-0.2, -0.15) is 0 Å². The summed E-state index contributed by atoms with van der Waals surface area (Å²) < 4.78 is 4.97. The van der Waals surface area contributed by atoms with Crippen LogP contribution in [0.4, 0.5) is 0 Å². The maximum absolute atomic E-state index is 12.3. The number of Topliss-reactive ketones (excluding diaryl/α,β-unsaturated/α-hetero) is 1. The van der Waals surface area contributed by atoms with Crippen LogP contribution in [-0.4, -0.2) is 18.9 Å². The molecule has 0 spiro atoms. The molecule has 1 atom stereocenters. The van der Waals surface area contributed by atoms with Crippen molar-refractivity contribution >= 4 is 5.78 Å². The number of furan rings is 1. The van der Waals surface area contributed by atoms with Crippen molar-refractivity contribution in [2.45, 2.75) is 26.2 Å². The molecule has 1 saturated heterocycles. The third-order valence-corrected chi connectivity index (χ3v) is 3.41. The van der Waals surface area contributed by atoms with Gasteiger partial charge < -0.3 is 9.73 Å². The summed E-state index contributed by atoms with van der Waals surface area (Å²) in [4.78, 5) is 12.3. The minimum Gasteiger partial charge on any atom is -0.472 e. The monoisotopic (exact) mass is 207 g/mol. The van der Waals surface area contributed by atoms with Gasteiger partial charge in [-0.25, -0.2) is 0 Å². The normalized spacial score (nSPS) is 26.5. The van der Waals surface area contributed by atoms with Crippen molar-refractivity contribution in [3.8, 4) is 0 Å². The Balaban J connectivity index is 2.22. The van der Waals surface area contributed by atoms with E-state index in [1.54, 1.807) is 18.6 Å². The van der Waals surface area contributed by atoms with E-state index < -0.39 is 0 Å². The van der Waals surface area contributed by atoms with Gasteiger partial charge in [0.25, 0.3) is 0 Å². The van der Waals surface area contributed by atoms with Gasteiger partial charge in [0.05, 0.1) is 11.8 Å². The van der Waals surface area contributed by atoms with Crippen LogP contribution in [0.1, 0.15) is 36.5 Å². The lowest BCUT2D eigenvalue weighted by Gasteiger charge is -2.35. The van der Waals surface area contributed by atoms with E-state index in [1.807, 2.05) is 0 Å². The molecule has 82 valence electrons. The number of rotatable bonds is 3. The molecule has 1 aromatic rings. The molecule has 1 aliphatic heterocycles. The standard InChI is InChI=1S/C12H17NO2/c1-2-12(5-3-6-13-9-12)11(14)10-4-7-15-8-10/h4,7-8,13H,2-3,5-6,9H2,1H3. The van der Waals surface area contributed by atoms with Crippen LogP contribution in [0.3, 0.4) is 0 Å². The van der Waals surface area contributed by atoms with Gasteiger partial charge in [0, 0.05) is 12.0 Å². The number of hydrogen-bond acceptors (Lipinski definition) is 3. The molecule has 2 rings (SSSR count). The highest BCUT2D eigenvalue weighted by Gasteiger charge is 2.38. The fourth-order valence-corrected chi connectivity index (χ4v) is 2.32. The first-order chi connectivity index (χ1) is 7.28. The minimum atomic E-state index is -0.206. The summed E-state index contributed by atoms with van der Waals surface area (Å²) in [5.41, 5.74) is 0.503. The predicted octanol–water partition coefficient (Wildman–Crippen LogP) is 2.24. The molecule has 1 fully saturated rings. The van der Waals surface area contributed by atoms with Crippen LogP contribution in [0.25, 0.3) is 0 Å². The first kappa shape index (κ1) is 10.4. The molecule has 1 aromatic heterocycles. The summed E-state index contributed by atoms with van der Waals surface area (Å²) in [5, 5.41) is 3.32. The third kappa shape index (κ3) is 1.84. The van der Waals surface area contributed by atoms with Gasteiger partial charge in [0.15, 0.2) is 5.78 Å². The fraction of sp³-hybridized carbons (Fsp3) is 0.583. The smallest absolute Gasteiger partial charge is 0.173 e.